The van der Waals surface area contributed by atoms with Crippen LogP contribution >= 0.6 is 0 Å². The molecule has 1 amide bonds. The number of nitrogens with zero attached hydrogens (tertiary/aromatic N) is 1. The number of rotatable bonds is 6. The Morgan fingerprint density at radius 2 is 1.93 bits per heavy atom. The summed E-state index contributed by atoms with van der Waals surface area (Å²) in [5, 5.41) is 0. The van der Waals surface area contributed by atoms with Crippen LogP contribution in [0.15, 0.2) is 47.1 Å². The van der Waals surface area contributed by atoms with E-state index in [-0.39, 0.29) is 24.1 Å². The van der Waals surface area contributed by atoms with Gasteiger partial charge in [0.05, 0.1) is 6.26 Å². The molecule has 27 heavy (non-hydrogen) atoms. The van der Waals surface area contributed by atoms with E-state index in [1.807, 2.05) is 12.1 Å². The number of benzene rings is 1. The number of carbonyl (C=O) groups is 3. The van der Waals surface area contributed by atoms with Crippen molar-refractivity contribution in [1.29, 1.82) is 0 Å². The van der Waals surface area contributed by atoms with Crippen molar-refractivity contribution in [2.75, 3.05) is 13.2 Å². The van der Waals surface area contributed by atoms with E-state index in [0.29, 0.717) is 30.9 Å². The second kappa shape index (κ2) is 8.20. The maximum Gasteiger partial charge on any atom is 0.329 e. The van der Waals surface area contributed by atoms with E-state index in [1.54, 1.807) is 24.3 Å². The lowest BCUT2D eigenvalue weighted by molar-refractivity contribution is -0.147. The number of carbonyl (C=O) groups excluding carboxylic acids is 3. The van der Waals surface area contributed by atoms with Crippen LogP contribution in [0.25, 0.3) is 0 Å². The van der Waals surface area contributed by atoms with Crippen molar-refractivity contribution in [1.82, 2.24) is 4.90 Å². The second-order valence-corrected chi connectivity index (χ2v) is 6.94. The predicted octanol–water partition coefficient (Wildman–Crippen LogP) is 3.43. The molecule has 1 aliphatic rings. The van der Waals surface area contributed by atoms with Crippen LogP contribution in [0, 0.1) is 0 Å². The van der Waals surface area contributed by atoms with Crippen LogP contribution in [0.1, 0.15) is 59.1 Å². The second-order valence-electron chi connectivity index (χ2n) is 6.94. The third-order valence-corrected chi connectivity index (χ3v) is 4.76. The van der Waals surface area contributed by atoms with Gasteiger partial charge < -0.3 is 14.1 Å². The van der Waals surface area contributed by atoms with Crippen molar-refractivity contribution in [3.05, 3.63) is 59.5 Å². The number of Topliss-reactive ketones (excluding diaryl/α,β-unsaturated/α-hetero) is 1. The highest BCUT2D eigenvalue weighted by Crippen LogP contribution is 2.22. The Labute approximate surface area is 158 Å². The molecule has 0 spiro atoms. The zero-order valence-electron chi connectivity index (χ0n) is 15.5. The molecule has 1 fully saturated rings. The average molecular weight is 369 g/mol. The molecule has 0 radical (unpaired) electrons. The van der Waals surface area contributed by atoms with Crippen molar-refractivity contribution in [3.8, 4) is 0 Å². The summed E-state index contributed by atoms with van der Waals surface area (Å²) in [6, 6.07) is 9.80. The van der Waals surface area contributed by atoms with Crippen molar-refractivity contribution < 1.29 is 23.5 Å². The summed E-state index contributed by atoms with van der Waals surface area (Å²) in [6.07, 6.45) is 2.64. The molecule has 2 aromatic rings. The zero-order valence-corrected chi connectivity index (χ0v) is 15.5. The zero-order chi connectivity index (χ0) is 19.4. The topological polar surface area (TPSA) is 76.8 Å². The van der Waals surface area contributed by atoms with Crippen LogP contribution in [0.4, 0.5) is 0 Å². The summed E-state index contributed by atoms with van der Waals surface area (Å²) in [5.41, 5.74) is 1.64. The predicted molar refractivity (Wildman–Crippen MR) is 98.6 cm³/mol. The van der Waals surface area contributed by atoms with Crippen LogP contribution in [-0.4, -0.2) is 41.8 Å². The Morgan fingerprint density at radius 3 is 2.56 bits per heavy atom. The molecule has 1 saturated heterocycles. The number of amides is 1. The Bertz CT molecular complexity index is 808. The monoisotopic (exact) mass is 369 g/mol. The fraction of sp³-hybridized carbons (Fsp3) is 0.381. The molecular weight excluding hydrogens is 346 g/mol. The molecule has 3 rings (SSSR count). The number of esters is 1. The average Bonchev–Trinajstić information content (AvgIpc) is 3.37. The maximum atomic E-state index is 12.4. The molecule has 142 valence electrons. The van der Waals surface area contributed by atoms with Gasteiger partial charge in [-0.3, -0.25) is 9.59 Å². The van der Waals surface area contributed by atoms with Gasteiger partial charge >= 0.3 is 5.97 Å². The van der Waals surface area contributed by atoms with E-state index >= 15 is 0 Å². The van der Waals surface area contributed by atoms with Crippen LogP contribution in [0.5, 0.6) is 0 Å². The molecule has 0 N–H and O–H groups in total. The third kappa shape index (κ3) is 4.27. The molecular formula is C21H23NO5. The first kappa shape index (κ1) is 18.9. The van der Waals surface area contributed by atoms with Crippen molar-refractivity contribution >= 4 is 17.7 Å². The lowest BCUT2D eigenvalue weighted by atomic mass is 10.0. The van der Waals surface area contributed by atoms with Gasteiger partial charge in [-0.2, -0.15) is 0 Å². The summed E-state index contributed by atoms with van der Waals surface area (Å²) < 4.78 is 10.3. The van der Waals surface area contributed by atoms with E-state index < -0.39 is 12.0 Å². The Morgan fingerprint density at radius 1 is 1.19 bits per heavy atom. The standard InChI is InChI=1S/C21H23NO5/c1-14(2)15-7-9-16(10-8-15)18(23)13-27-21(25)17-5-3-11-22(17)20(24)19-6-4-12-26-19/h4,6-10,12,14,17H,3,5,11,13H2,1-2H3/t17-/m0/s1. The summed E-state index contributed by atoms with van der Waals surface area (Å²) in [5.74, 6) is -0.585. The van der Waals surface area contributed by atoms with Gasteiger partial charge in [0.2, 0.25) is 0 Å². The van der Waals surface area contributed by atoms with Crippen molar-refractivity contribution in [2.45, 2.75) is 38.6 Å². The number of furan rings is 1. The first-order chi connectivity index (χ1) is 13.0. The Kier molecular flexibility index (Phi) is 5.74. The van der Waals surface area contributed by atoms with E-state index in [2.05, 4.69) is 13.8 Å². The normalized spacial score (nSPS) is 16.6. The molecule has 0 saturated carbocycles. The van der Waals surface area contributed by atoms with Crippen LogP contribution in [0.3, 0.4) is 0 Å². The molecule has 1 aromatic heterocycles. The SMILES string of the molecule is CC(C)c1ccc(C(=O)COC(=O)[C@@H]2CCCN2C(=O)c2ccco2)cc1. The van der Waals surface area contributed by atoms with Crippen molar-refractivity contribution in [3.63, 3.8) is 0 Å². The van der Waals surface area contributed by atoms with E-state index in [9.17, 15) is 14.4 Å². The number of likely N-dealkylation sites (tertiary alicyclic amines) is 1. The summed E-state index contributed by atoms with van der Waals surface area (Å²) in [4.78, 5) is 38.6. The quantitative estimate of drug-likeness (QED) is 0.576. The number of hydrogen-bond acceptors (Lipinski definition) is 5. The van der Waals surface area contributed by atoms with Gasteiger partial charge in [-0.25, -0.2) is 4.79 Å². The molecule has 6 nitrogen and oxygen atoms in total. The van der Waals surface area contributed by atoms with Crippen LogP contribution in [0.2, 0.25) is 0 Å². The van der Waals surface area contributed by atoms with Gasteiger partial charge in [0.1, 0.15) is 6.04 Å². The molecule has 1 aromatic carbocycles. The highest BCUT2D eigenvalue weighted by Gasteiger charge is 2.36. The fourth-order valence-electron chi connectivity index (χ4n) is 3.17. The lowest BCUT2D eigenvalue weighted by Crippen LogP contribution is -2.41. The lowest BCUT2D eigenvalue weighted by Gasteiger charge is -2.22. The first-order valence-corrected chi connectivity index (χ1v) is 9.11. The highest BCUT2D eigenvalue weighted by molar-refractivity contribution is 5.99. The smallest absolute Gasteiger partial charge is 0.329 e. The minimum Gasteiger partial charge on any atom is -0.459 e. The molecule has 1 atom stereocenters. The van der Waals surface area contributed by atoms with Crippen LogP contribution < -0.4 is 0 Å². The third-order valence-electron chi connectivity index (χ3n) is 4.76. The Balaban J connectivity index is 1.58. The highest BCUT2D eigenvalue weighted by atomic mass is 16.5. The molecule has 0 unspecified atom stereocenters. The first-order valence-electron chi connectivity index (χ1n) is 9.11. The number of hydrogen-bond donors (Lipinski definition) is 0. The number of ketones is 1. The van der Waals surface area contributed by atoms with Gasteiger partial charge in [0, 0.05) is 12.1 Å². The van der Waals surface area contributed by atoms with E-state index in [0.717, 1.165) is 5.56 Å². The molecule has 0 aliphatic carbocycles. The number of ether oxygens (including phenoxy) is 1. The molecule has 2 heterocycles. The molecule has 6 heteroatoms. The summed E-state index contributed by atoms with van der Waals surface area (Å²) in [7, 11) is 0. The van der Waals surface area contributed by atoms with E-state index in [4.69, 9.17) is 9.15 Å². The molecule has 0 bridgehead atoms. The minimum absolute atomic E-state index is 0.191. The fourth-order valence-corrected chi connectivity index (χ4v) is 3.17. The van der Waals surface area contributed by atoms with Gasteiger partial charge in [-0.05, 0) is 36.5 Å². The van der Waals surface area contributed by atoms with E-state index in [1.165, 1.54) is 11.2 Å². The van der Waals surface area contributed by atoms with Gasteiger partial charge in [0.25, 0.3) is 5.91 Å². The van der Waals surface area contributed by atoms with Gasteiger partial charge in [0.15, 0.2) is 18.2 Å². The van der Waals surface area contributed by atoms with Gasteiger partial charge in [-0.15, -0.1) is 0 Å². The summed E-state index contributed by atoms with van der Waals surface area (Å²) in [6.45, 7) is 4.29. The maximum absolute atomic E-state index is 12.4. The molecule has 1 aliphatic heterocycles. The largest absolute Gasteiger partial charge is 0.459 e. The van der Waals surface area contributed by atoms with Crippen LogP contribution in [-0.2, 0) is 9.53 Å². The Hall–Kier alpha value is -2.89. The van der Waals surface area contributed by atoms with Gasteiger partial charge in [-0.1, -0.05) is 38.1 Å². The minimum atomic E-state index is -0.682. The van der Waals surface area contributed by atoms with Crippen molar-refractivity contribution in [2.24, 2.45) is 0 Å². The summed E-state index contributed by atoms with van der Waals surface area (Å²) >= 11 is 0.